The number of urea groups is 1. The highest BCUT2D eigenvalue weighted by molar-refractivity contribution is 7.09. The van der Waals surface area contributed by atoms with Crippen LogP contribution in [0.25, 0.3) is 0 Å². The van der Waals surface area contributed by atoms with Crippen LogP contribution in [-0.4, -0.2) is 54.7 Å². The summed E-state index contributed by atoms with van der Waals surface area (Å²) < 4.78 is 5.79. The van der Waals surface area contributed by atoms with Gasteiger partial charge in [0.25, 0.3) is 0 Å². The van der Waals surface area contributed by atoms with Crippen molar-refractivity contribution in [2.45, 2.75) is 44.9 Å². The summed E-state index contributed by atoms with van der Waals surface area (Å²) in [4.78, 5) is 18.7. The van der Waals surface area contributed by atoms with E-state index in [1.165, 1.54) is 23.3 Å². The summed E-state index contributed by atoms with van der Waals surface area (Å²) in [6.45, 7) is 6.08. The van der Waals surface area contributed by atoms with Crippen LogP contribution in [0.5, 0.6) is 0 Å². The van der Waals surface area contributed by atoms with Crippen LogP contribution in [0.2, 0.25) is 0 Å². The number of ether oxygens (including phenoxy) is 1. The fraction of sp³-hybridized carbons (Fsp3) is 0.542. The van der Waals surface area contributed by atoms with Crippen molar-refractivity contribution in [3.05, 3.63) is 58.3 Å². The van der Waals surface area contributed by atoms with Gasteiger partial charge in [-0.2, -0.15) is 0 Å². The fourth-order valence-electron chi connectivity index (χ4n) is 4.49. The molecule has 2 amide bonds. The molecule has 2 saturated heterocycles. The first kappa shape index (κ1) is 21.3. The number of carbonyl (C=O) groups excluding carboxylic acids is 1. The lowest BCUT2D eigenvalue weighted by atomic mass is 9.97. The van der Waals surface area contributed by atoms with E-state index in [1.807, 2.05) is 11.0 Å². The Morgan fingerprint density at radius 2 is 2.07 bits per heavy atom. The van der Waals surface area contributed by atoms with Gasteiger partial charge in [-0.3, -0.25) is 4.90 Å². The summed E-state index contributed by atoms with van der Waals surface area (Å²) in [5.74, 6) is 0.512. The van der Waals surface area contributed by atoms with Gasteiger partial charge in [0.15, 0.2) is 0 Å². The summed E-state index contributed by atoms with van der Waals surface area (Å²) in [7, 11) is 0. The highest BCUT2D eigenvalue weighted by atomic mass is 32.1. The Labute approximate surface area is 184 Å². The smallest absolute Gasteiger partial charge is 0.317 e. The number of thiophene rings is 1. The Hall–Kier alpha value is -1.89. The number of carbonyl (C=O) groups is 1. The molecule has 6 heteroatoms. The molecule has 2 atom stereocenters. The quantitative estimate of drug-likeness (QED) is 0.681. The maximum Gasteiger partial charge on any atom is 0.317 e. The zero-order chi connectivity index (χ0) is 20.6. The molecule has 1 aromatic carbocycles. The molecular formula is C24H33N3O2S. The van der Waals surface area contributed by atoms with Crippen molar-refractivity contribution < 1.29 is 9.53 Å². The maximum atomic E-state index is 13.0. The van der Waals surface area contributed by atoms with E-state index < -0.39 is 0 Å². The Balaban J connectivity index is 1.28. The van der Waals surface area contributed by atoms with E-state index in [9.17, 15) is 4.79 Å². The zero-order valence-corrected chi connectivity index (χ0v) is 18.5. The van der Waals surface area contributed by atoms with Crippen molar-refractivity contribution in [2.24, 2.45) is 5.92 Å². The largest absolute Gasteiger partial charge is 0.376 e. The molecule has 2 unspecified atom stereocenters. The Bertz CT molecular complexity index is 762. The summed E-state index contributed by atoms with van der Waals surface area (Å²) in [6, 6.07) is 14.8. The van der Waals surface area contributed by atoms with Crippen LogP contribution in [-0.2, 0) is 17.8 Å². The second-order valence-electron chi connectivity index (χ2n) is 8.51. The van der Waals surface area contributed by atoms with Gasteiger partial charge in [0.05, 0.1) is 12.6 Å². The standard InChI is InChI=1S/C24H33N3O2S/c28-24(27(18-22-10-5-13-29-22)19-23-11-6-14-30-23)25-15-21-9-4-12-26(17-21)16-20-7-2-1-3-8-20/h1-3,6-8,11,14,21-22H,4-5,9-10,12-13,15-19H2,(H,25,28). The van der Waals surface area contributed by atoms with E-state index in [4.69, 9.17) is 4.74 Å². The monoisotopic (exact) mass is 427 g/mol. The van der Waals surface area contributed by atoms with Crippen molar-refractivity contribution in [1.29, 1.82) is 0 Å². The van der Waals surface area contributed by atoms with Crippen LogP contribution >= 0.6 is 11.3 Å². The minimum absolute atomic E-state index is 0.0408. The number of piperidine rings is 1. The summed E-state index contributed by atoms with van der Waals surface area (Å²) in [5.41, 5.74) is 1.36. The molecule has 0 aliphatic carbocycles. The maximum absolute atomic E-state index is 13.0. The molecule has 1 aromatic heterocycles. The number of nitrogens with zero attached hydrogens (tertiary/aromatic N) is 2. The molecule has 0 radical (unpaired) electrons. The summed E-state index contributed by atoms with van der Waals surface area (Å²) in [5, 5.41) is 5.30. The number of likely N-dealkylation sites (tertiary alicyclic amines) is 1. The molecule has 2 fully saturated rings. The van der Waals surface area contributed by atoms with Crippen molar-refractivity contribution >= 4 is 17.4 Å². The van der Waals surface area contributed by atoms with Gasteiger partial charge in [-0.05, 0) is 55.2 Å². The zero-order valence-electron chi connectivity index (χ0n) is 17.7. The van der Waals surface area contributed by atoms with E-state index in [-0.39, 0.29) is 12.1 Å². The van der Waals surface area contributed by atoms with E-state index >= 15 is 0 Å². The molecular weight excluding hydrogens is 394 g/mol. The number of hydrogen-bond donors (Lipinski definition) is 1. The van der Waals surface area contributed by atoms with Gasteiger partial charge in [0.1, 0.15) is 0 Å². The van der Waals surface area contributed by atoms with Crippen LogP contribution in [0.1, 0.15) is 36.1 Å². The van der Waals surface area contributed by atoms with Crippen LogP contribution in [0, 0.1) is 5.92 Å². The van der Waals surface area contributed by atoms with Gasteiger partial charge in [-0.15, -0.1) is 11.3 Å². The normalized spacial score (nSPS) is 22.1. The Kier molecular flexibility index (Phi) is 7.78. The van der Waals surface area contributed by atoms with Gasteiger partial charge < -0.3 is 15.0 Å². The number of nitrogens with one attached hydrogen (secondary N) is 1. The molecule has 3 heterocycles. The third-order valence-electron chi connectivity index (χ3n) is 6.06. The first-order chi connectivity index (χ1) is 14.8. The van der Waals surface area contributed by atoms with Crippen LogP contribution in [0.3, 0.4) is 0 Å². The number of amides is 2. The molecule has 30 heavy (non-hydrogen) atoms. The topological polar surface area (TPSA) is 44.8 Å². The SMILES string of the molecule is O=C(NCC1CCCN(Cc2ccccc2)C1)N(Cc1cccs1)CC1CCCO1. The molecule has 0 bridgehead atoms. The molecule has 4 rings (SSSR count). The molecule has 5 nitrogen and oxygen atoms in total. The van der Waals surface area contributed by atoms with E-state index in [1.54, 1.807) is 11.3 Å². The minimum Gasteiger partial charge on any atom is -0.376 e. The van der Waals surface area contributed by atoms with Crippen LogP contribution in [0.15, 0.2) is 47.8 Å². The molecule has 2 aliphatic heterocycles. The van der Waals surface area contributed by atoms with Gasteiger partial charge in [-0.25, -0.2) is 4.79 Å². The van der Waals surface area contributed by atoms with E-state index in [0.29, 0.717) is 19.0 Å². The van der Waals surface area contributed by atoms with Crippen molar-refractivity contribution in [2.75, 3.05) is 32.8 Å². The lowest BCUT2D eigenvalue weighted by molar-refractivity contribution is 0.0790. The predicted octanol–water partition coefficient (Wildman–Crippen LogP) is 4.35. The second-order valence-corrected chi connectivity index (χ2v) is 9.54. The highest BCUT2D eigenvalue weighted by Gasteiger charge is 2.25. The molecule has 0 spiro atoms. The minimum atomic E-state index is 0.0408. The Morgan fingerprint density at radius 3 is 2.83 bits per heavy atom. The number of benzene rings is 1. The van der Waals surface area contributed by atoms with Crippen molar-refractivity contribution in [3.63, 3.8) is 0 Å². The summed E-state index contributed by atoms with van der Waals surface area (Å²) in [6.07, 6.45) is 4.69. The van der Waals surface area contributed by atoms with Crippen LogP contribution in [0.4, 0.5) is 4.79 Å². The van der Waals surface area contributed by atoms with Crippen LogP contribution < -0.4 is 5.32 Å². The van der Waals surface area contributed by atoms with Gasteiger partial charge in [-0.1, -0.05) is 36.4 Å². The Morgan fingerprint density at radius 1 is 1.17 bits per heavy atom. The fourth-order valence-corrected chi connectivity index (χ4v) is 5.21. The molecule has 2 aromatic rings. The third kappa shape index (κ3) is 6.30. The molecule has 1 N–H and O–H groups in total. The van der Waals surface area contributed by atoms with Gasteiger partial charge in [0.2, 0.25) is 0 Å². The lowest BCUT2D eigenvalue weighted by Crippen LogP contribution is -2.46. The van der Waals surface area contributed by atoms with E-state index in [2.05, 4.69) is 52.0 Å². The third-order valence-corrected chi connectivity index (χ3v) is 6.92. The molecule has 162 valence electrons. The summed E-state index contributed by atoms with van der Waals surface area (Å²) >= 11 is 1.70. The first-order valence-electron chi connectivity index (χ1n) is 11.2. The number of hydrogen-bond acceptors (Lipinski definition) is 4. The van der Waals surface area contributed by atoms with Crippen molar-refractivity contribution in [1.82, 2.24) is 15.1 Å². The van der Waals surface area contributed by atoms with Gasteiger partial charge >= 0.3 is 6.03 Å². The average Bonchev–Trinajstić information content (AvgIpc) is 3.47. The predicted molar refractivity (Wildman–Crippen MR) is 122 cm³/mol. The molecule has 0 saturated carbocycles. The number of rotatable bonds is 8. The highest BCUT2D eigenvalue weighted by Crippen LogP contribution is 2.20. The van der Waals surface area contributed by atoms with E-state index in [0.717, 1.165) is 45.6 Å². The van der Waals surface area contributed by atoms with Gasteiger partial charge in [0, 0.05) is 37.7 Å². The lowest BCUT2D eigenvalue weighted by Gasteiger charge is -2.33. The average molecular weight is 428 g/mol. The molecule has 2 aliphatic rings. The first-order valence-corrected chi connectivity index (χ1v) is 12.1. The van der Waals surface area contributed by atoms with Crippen molar-refractivity contribution in [3.8, 4) is 0 Å². The second kappa shape index (κ2) is 10.9.